The minimum Gasteiger partial charge on any atom is -0.595 e. The summed E-state index contributed by atoms with van der Waals surface area (Å²) in [6, 6.07) is 13.9. The van der Waals surface area contributed by atoms with Crippen molar-refractivity contribution in [2.24, 2.45) is 11.8 Å². The molecule has 7 rings (SSSR count). The molecule has 208 valence electrons. The zero-order valence-electron chi connectivity index (χ0n) is 21.9. The molecule has 3 aromatic rings. The number of nitrogens with zero attached hydrogens (tertiary/aromatic N) is 4. The maximum atomic E-state index is 14.2. The summed E-state index contributed by atoms with van der Waals surface area (Å²) in [4.78, 5) is 45.6. The summed E-state index contributed by atoms with van der Waals surface area (Å²) in [6.45, 7) is 2.91. The van der Waals surface area contributed by atoms with Crippen LogP contribution in [0, 0.1) is 17.0 Å². The Morgan fingerprint density at radius 2 is 1.80 bits per heavy atom. The number of anilines is 1. The zero-order chi connectivity index (χ0) is 27.5. The monoisotopic (exact) mass is 545 g/mol. The predicted molar refractivity (Wildman–Crippen MR) is 143 cm³/mol. The van der Waals surface area contributed by atoms with Crippen LogP contribution in [0.2, 0.25) is 0 Å². The molecule has 0 aliphatic carbocycles. The molecule has 1 aromatic carbocycles. The number of furan rings is 1. The van der Waals surface area contributed by atoms with Gasteiger partial charge in [0, 0.05) is 80.8 Å². The maximum absolute atomic E-state index is 14.2. The topological polar surface area (TPSA) is 127 Å². The molecule has 2 aromatic heterocycles. The zero-order valence-corrected chi connectivity index (χ0v) is 21.9. The summed E-state index contributed by atoms with van der Waals surface area (Å²) in [5.74, 6) is 0.0149. The lowest BCUT2D eigenvalue weighted by Crippen LogP contribution is -2.99. The summed E-state index contributed by atoms with van der Waals surface area (Å²) in [5.41, 5.74) is 3.07. The Kier molecular flexibility index (Phi) is 6.02. The second-order valence-electron chi connectivity index (χ2n) is 11.3. The minimum atomic E-state index is -0.992. The number of hydrogen-bond donors (Lipinski definition) is 2. The molecular weight excluding hydrogens is 514 g/mol. The molecule has 2 amide bonds. The van der Waals surface area contributed by atoms with Gasteiger partial charge in [-0.2, -0.15) is 5.23 Å². The van der Waals surface area contributed by atoms with E-state index >= 15 is 0 Å². The fraction of sp³-hybridized carbons (Fsp3) is 0.414. The number of amides is 2. The van der Waals surface area contributed by atoms with Crippen LogP contribution in [0.5, 0.6) is 0 Å². The van der Waals surface area contributed by atoms with E-state index in [4.69, 9.17) is 4.42 Å². The van der Waals surface area contributed by atoms with Gasteiger partial charge in [-0.15, -0.1) is 0 Å². The average Bonchev–Trinajstić information content (AvgIpc) is 3.51. The van der Waals surface area contributed by atoms with Gasteiger partial charge in [0.25, 0.3) is 11.5 Å². The van der Waals surface area contributed by atoms with Gasteiger partial charge in [0.15, 0.2) is 11.4 Å². The van der Waals surface area contributed by atoms with Crippen molar-refractivity contribution in [3.63, 3.8) is 0 Å². The van der Waals surface area contributed by atoms with E-state index in [0.717, 1.165) is 23.4 Å². The summed E-state index contributed by atoms with van der Waals surface area (Å²) >= 11 is 0. The molecule has 2 bridgehead atoms. The smallest absolute Gasteiger partial charge is 0.289 e. The Morgan fingerprint density at radius 1 is 1.00 bits per heavy atom. The highest BCUT2D eigenvalue weighted by molar-refractivity contribution is 5.91. The summed E-state index contributed by atoms with van der Waals surface area (Å²) in [5, 5.41) is 20.4. The number of hydrogen-bond acceptors (Lipinski definition) is 7. The molecule has 0 saturated carbocycles. The molecule has 11 heteroatoms. The SMILES string of the molecule is O=C(c1ccco1)N1CCN(C(=O)[C@@H]2Cc3cc([NH+]([O-])O)ccc3N3CC4CC(Cn5c4cccc5=O)[C@@H]23)CC1. The molecule has 2 saturated heterocycles. The predicted octanol–water partition coefficient (Wildman–Crippen LogP) is 0.994. The van der Waals surface area contributed by atoms with Crippen LogP contribution in [0.3, 0.4) is 0 Å². The number of quaternary nitrogens is 1. The van der Waals surface area contributed by atoms with Crippen LogP contribution >= 0.6 is 0 Å². The van der Waals surface area contributed by atoms with Gasteiger partial charge in [-0.1, -0.05) is 6.07 Å². The molecule has 2 N–H and O–H groups in total. The van der Waals surface area contributed by atoms with E-state index in [-0.39, 0.29) is 52.6 Å². The molecule has 0 radical (unpaired) electrons. The third-order valence-electron chi connectivity index (χ3n) is 9.18. The van der Waals surface area contributed by atoms with E-state index in [9.17, 15) is 24.8 Å². The van der Waals surface area contributed by atoms with Gasteiger partial charge in [0.05, 0.1) is 12.2 Å². The number of piperidine rings is 1. The summed E-state index contributed by atoms with van der Waals surface area (Å²) in [7, 11) is 0. The van der Waals surface area contributed by atoms with Gasteiger partial charge < -0.3 is 28.9 Å². The fourth-order valence-corrected chi connectivity index (χ4v) is 7.39. The first-order valence-corrected chi connectivity index (χ1v) is 13.8. The first-order chi connectivity index (χ1) is 19.4. The first-order valence-electron chi connectivity index (χ1n) is 13.8. The van der Waals surface area contributed by atoms with E-state index < -0.39 is 5.23 Å². The normalized spacial score (nSPS) is 26.0. The molecule has 40 heavy (non-hydrogen) atoms. The van der Waals surface area contributed by atoms with Gasteiger partial charge in [0.1, 0.15) is 0 Å². The van der Waals surface area contributed by atoms with E-state index in [1.54, 1.807) is 35.2 Å². The van der Waals surface area contributed by atoms with E-state index in [1.165, 1.54) is 6.26 Å². The highest BCUT2D eigenvalue weighted by Crippen LogP contribution is 2.47. The Morgan fingerprint density at radius 3 is 2.55 bits per heavy atom. The number of benzene rings is 1. The number of fused-ring (bicyclic) bond motifs is 8. The van der Waals surface area contributed by atoms with Gasteiger partial charge in [0.2, 0.25) is 5.91 Å². The van der Waals surface area contributed by atoms with Crippen LogP contribution in [0.15, 0.2) is 64.0 Å². The lowest BCUT2D eigenvalue weighted by molar-refractivity contribution is -0.991. The number of rotatable bonds is 3. The lowest BCUT2D eigenvalue weighted by Gasteiger charge is -2.55. The Balaban J connectivity index is 1.19. The van der Waals surface area contributed by atoms with Gasteiger partial charge >= 0.3 is 0 Å². The molecule has 2 fully saturated rings. The molecule has 3 unspecified atom stereocenters. The summed E-state index contributed by atoms with van der Waals surface area (Å²) in [6.07, 6.45) is 2.82. The second-order valence-corrected chi connectivity index (χ2v) is 11.3. The van der Waals surface area contributed by atoms with Gasteiger partial charge in [-0.25, -0.2) is 5.21 Å². The Labute approximate surface area is 230 Å². The molecule has 11 nitrogen and oxygen atoms in total. The maximum Gasteiger partial charge on any atom is 0.289 e. The number of piperazine rings is 1. The van der Waals surface area contributed by atoms with Crippen molar-refractivity contribution in [1.82, 2.24) is 14.4 Å². The second kappa shape index (κ2) is 9.61. The van der Waals surface area contributed by atoms with Crippen molar-refractivity contribution >= 4 is 23.2 Å². The van der Waals surface area contributed by atoms with Gasteiger partial charge in [-0.3, -0.25) is 14.4 Å². The van der Waals surface area contributed by atoms with E-state index in [2.05, 4.69) is 4.90 Å². The van der Waals surface area contributed by atoms with Crippen LogP contribution in [-0.4, -0.2) is 70.2 Å². The molecule has 4 aliphatic rings. The molecular formula is C29H31N5O6. The minimum absolute atomic E-state index is 0.0109. The third kappa shape index (κ3) is 4.04. The number of aromatic nitrogens is 1. The van der Waals surface area contributed by atoms with Crippen molar-refractivity contribution < 1.29 is 24.4 Å². The number of carbonyl (C=O) groups excluding carboxylic acids is 2. The van der Waals surface area contributed by atoms with Crippen molar-refractivity contribution in [2.45, 2.75) is 31.3 Å². The summed E-state index contributed by atoms with van der Waals surface area (Å²) < 4.78 is 7.14. The van der Waals surface area contributed by atoms with Crippen LogP contribution in [-0.2, 0) is 17.8 Å². The standard InChI is InChI=1S/C29H31N5O6/c35-26-5-1-3-23-19-13-20(17-32(23)26)27-22(15-18-14-21(34(38)39)6-7-24(18)33(27)16-19)28(36)30-8-10-31(11-9-30)29(37)25-4-2-12-40-25/h1-7,12,14,19-20,22,27,34,38H,8-11,13,15-17H2/t19?,20?,22-,27+/m1/s1. The van der Waals surface area contributed by atoms with E-state index in [1.807, 2.05) is 27.7 Å². The lowest BCUT2D eigenvalue weighted by atomic mass is 9.69. The molecule has 0 spiro atoms. The van der Waals surface area contributed by atoms with Crippen LogP contribution in [0.4, 0.5) is 11.4 Å². The molecule has 6 heterocycles. The Bertz CT molecular complexity index is 1510. The average molecular weight is 546 g/mol. The largest absolute Gasteiger partial charge is 0.595 e. The van der Waals surface area contributed by atoms with Crippen LogP contribution in [0.25, 0.3) is 0 Å². The highest BCUT2D eigenvalue weighted by atomic mass is 16.8. The fourth-order valence-electron chi connectivity index (χ4n) is 7.39. The van der Waals surface area contributed by atoms with E-state index in [0.29, 0.717) is 45.7 Å². The van der Waals surface area contributed by atoms with Crippen LogP contribution < -0.4 is 15.7 Å². The molecule has 5 atom stereocenters. The molecule has 4 aliphatic heterocycles. The van der Waals surface area contributed by atoms with Crippen LogP contribution in [0.1, 0.15) is 34.2 Å². The van der Waals surface area contributed by atoms with Crippen molar-refractivity contribution in [2.75, 3.05) is 37.6 Å². The number of carbonyl (C=O) groups is 2. The Hall–Kier alpha value is -3.93. The first kappa shape index (κ1) is 25.1. The quantitative estimate of drug-likeness (QED) is 0.470. The number of pyridine rings is 1. The van der Waals surface area contributed by atoms with Crippen molar-refractivity contribution in [3.05, 3.63) is 87.4 Å². The highest BCUT2D eigenvalue weighted by Gasteiger charge is 2.50. The van der Waals surface area contributed by atoms with Gasteiger partial charge in [-0.05, 0) is 48.6 Å². The number of nitrogens with one attached hydrogen (secondary N) is 1. The van der Waals surface area contributed by atoms with Crippen molar-refractivity contribution in [3.8, 4) is 0 Å². The van der Waals surface area contributed by atoms with Crippen molar-refractivity contribution in [1.29, 1.82) is 0 Å². The third-order valence-corrected chi connectivity index (χ3v) is 9.18.